The molecule has 2 rings (SSSR count). The van der Waals surface area contributed by atoms with Gasteiger partial charge in [-0.1, -0.05) is 36.9 Å². The lowest BCUT2D eigenvalue weighted by atomic mass is 10.0. The summed E-state index contributed by atoms with van der Waals surface area (Å²) < 4.78 is 6.13. The van der Waals surface area contributed by atoms with Crippen LogP contribution in [0, 0.1) is 5.92 Å². The molecule has 0 unspecified atom stereocenters. The number of amides is 2. The highest BCUT2D eigenvalue weighted by molar-refractivity contribution is 8.01. The van der Waals surface area contributed by atoms with Gasteiger partial charge in [-0.05, 0) is 25.7 Å². The molecule has 0 bridgehead atoms. The second-order valence-electron chi connectivity index (χ2n) is 5.60. The van der Waals surface area contributed by atoms with E-state index in [0.29, 0.717) is 16.0 Å². The fourth-order valence-electron chi connectivity index (χ4n) is 2.40. The maximum atomic E-state index is 12.0. The summed E-state index contributed by atoms with van der Waals surface area (Å²) in [6.45, 7) is 5.33. The van der Waals surface area contributed by atoms with Gasteiger partial charge in [-0.15, -0.1) is 10.2 Å². The van der Waals surface area contributed by atoms with Crippen LogP contribution in [0.2, 0.25) is 0 Å². The first-order chi connectivity index (χ1) is 11.6. The van der Waals surface area contributed by atoms with Crippen LogP contribution in [0.4, 0.5) is 5.13 Å². The van der Waals surface area contributed by atoms with Gasteiger partial charge in [-0.2, -0.15) is 0 Å². The molecule has 1 aromatic heterocycles. The summed E-state index contributed by atoms with van der Waals surface area (Å²) in [5.41, 5.74) is 0. The molecule has 1 fully saturated rings. The largest absolute Gasteiger partial charge is 0.376 e. The number of carbonyl (C=O) groups is 2. The number of rotatable bonds is 9. The van der Waals surface area contributed by atoms with Crippen molar-refractivity contribution in [2.45, 2.75) is 50.0 Å². The third kappa shape index (κ3) is 6.03. The molecule has 1 aliphatic heterocycles. The topological polar surface area (TPSA) is 93.2 Å². The third-order valence-corrected chi connectivity index (χ3v) is 5.84. The van der Waals surface area contributed by atoms with E-state index in [0.717, 1.165) is 32.3 Å². The van der Waals surface area contributed by atoms with Gasteiger partial charge in [0.05, 0.1) is 11.9 Å². The van der Waals surface area contributed by atoms with Crippen LogP contribution in [0.25, 0.3) is 0 Å². The van der Waals surface area contributed by atoms with Gasteiger partial charge in [0.2, 0.25) is 16.9 Å². The molecule has 1 aromatic rings. The van der Waals surface area contributed by atoms with Crippen LogP contribution >= 0.6 is 23.1 Å². The second-order valence-corrected chi connectivity index (χ2v) is 7.80. The molecule has 9 heteroatoms. The van der Waals surface area contributed by atoms with E-state index in [1.165, 1.54) is 23.1 Å². The quantitative estimate of drug-likeness (QED) is 0.510. The maximum absolute atomic E-state index is 12.0. The van der Waals surface area contributed by atoms with Crippen molar-refractivity contribution in [3.63, 3.8) is 0 Å². The van der Waals surface area contributed by atoms with Crippen LogP contribution in [0.5, 0.6) is 0 Å². The van der Waals surface area contributed by atoms with Crippen LogP contribution in [-0.2, 0) is 14.3 Å². The smallest absolute Gasteiger partial charge is 0.230 e. The lowest BCUT2D eigenvalue weighted by Gasteiger charge is -2.10. The lowest BCUT2D eigenvalue weighted by molar-refractivity contribution is -0.120. The summed E-state index contributed by atoms with van der Waals surface area (Å²) in [5, 5.41) is 14.1. The monoisotopic (exact) mass is 372 g/mol. The first-order valence-electron chi connectivity index (χ1n) is 8.27. The van der Waals surface area contributed by atoms with Gasteiger partial charge in [-0.25, -0.2) is 0 Å². The standard InChI is InChI=1S/C15H24N4O3S2/c1-3-10(4-2)13(21)17-14-18-19-15(24-14)23-9-12(20)16-8-11-6-5-7-22-11/h10-11H,3-9H2,1-2H3,(H,16,20)(H,17,18,21)/t11-/m1/s1. The van der Waals surface area contributed by atoms with Crippen molar-refractivity contribution in [2.24, 2.45) is 5.92 Å². The molecule has 1 aliphatic rings. The molecule has 2 heterocycles. The molecular formula is C15H24N4O3S2. The first-order valence-corrected chi connectivity index (χ1v) is 10.1. The Labute approximate surface area is 150 Å². The molecule has 0 saturated carbocycles. The average molecular weight is 373 g/mol. The summed E-state index contributed by atoms with van der Waals surface area (Å²) in [7, 11) is 0. The van der Waals surface area contributed by atoms with E-state index in [1.54, 1.807) is 0 Å². The Morgan fingerprint density at radius 1 is 1.38 bits per heavy atom. The van der Waals surface area contributed by atoms with E-state index in [9.17, 15) is 9.59 Å². The zero-order valence-corrected chi connectivity index (χ0v) is 15.7. The van der Waals surface area contributed by atoms with E-state index < -0.39 is 0 Å². The summed E-state index contributed by atoms with van der Waals surface area (Å²) >= 11 is 2.61. The molecule has 7 nitrogen and oxygen atoms in total. The molecule has 1 saturated heterocycles. The Bertz CT molecular complexity index is 543. The summed E-state index contributed by atoms with van der Waals surface area (Å²) in [5.74, 6) is 0.200. The molecule has 134 valence electrons. The summed E-state index contributed by atoms with van der Waals surface area (Å²) in [6, 6.07) is 0. The Hall–Kier alpha value is -1.19. The number of anilines is 1. The molecule has 2 amide bonds. The van der Waals surface area contributed by atoms with Crippen molar-refractivity contribution < 1.29 is 14.3 Å². The number of thioether (sulfide) groups is 1. The van der Waals surface area contributed by atoms with Gasteiger partial charge < -0.3 is 15.4 Å². The predicted octanol–water partition coefficient (Wildman–Crippen LogP) is 2.30. The SMILES string of the molecule is CCC(CC)C(=O)Nc1nnc(SCC(=O)NC[C@H]2CCCO2)s1. The fourth-order valence-corrected chi connectivity index (χ4v) is 3.98. The highest BCUT2D eigenvalue weighted by Crippen LogP contribution is 2.26. The fraction of sp³-hybridized carbons (Fsp3) is 0.733. The molecule has 0 aromatic carbocycles. The van der Waals surface area contributed by atoms with Crippen molar-refractivity contribution in [2.75, 3.05) is 24.2 Å². The third-order valence-electron chi connectivity index (χ3n) is 3.87. The predicted molar refractivity (Wildman–Crippen MR) is 95.3 cm³/mol. The van der Waals surface area contributed by atoms with E-state index in [2.05, 4.69) is 20.8 Å². The van der Waals surface area contributed by atoms with Crippen LogP contribution in [0.1, 0.15) is 39.5 Å². The van der Waals surface area contributed by atoms with Gasteiger partial charge in [-0.3, -0.25) is 9.59 Å². The van der Waals surface area contributed by atoms with Crippen molar-refractivity contribution >= 4 is 40.0 Å². The van der Waals surface area contributed by atoms with E-state index in [1.807, 2.05) is 13.8 Å². The molecule has 1 atom stereocenters. The van der Waals surface area contributed by atoms with Crippen LogP contribution in [0.15, 0.2) is 4.34 Å². The van der Waals surface area contributed by atoms with Crippen molar-refractivity contribution in [1.82, 2.24) is 15.5 Å². The van der Waals surface area contributed by atoms with E-state index >= 15 is 0 Å². The zero-order chi connectivity index (χ0) is 17.4. The Kier molecular flexibility index (Phi) is 7.93. The Morgan fingerprint density at radius 3 is 2.83 bits per heavy atom. The van der Waals surface area contributed by atoms with Crippen LogP contribution in [-0.4, -0.2) is 47.0 Å². The molecule has 24 heavy (non-hydrogen) atoms. The van der Waals surface area contributed by atoms with Gasteiger partial charge in [0, 0.05) is 19.1 Å². The number of hydrogen-bond acceptors (Lipinski definition) is 7. The highest BCUT2D eigenvalue weighted by Gasteiger charge is 2.18. The molecule has 0 spiro atoms. The second kappa shape index (κ2) is 9.95. The normalized spacial score (nSPS) is 17.2. The molecule has 2 N–H and O–H groups in total. The van der Waals surface area contributed by atoms with Crippen molar-refractivity contribution in [1.29, 1.82) is 0 Å². The number of hydrogen-bond donors (Lipinski definition) is 2. The van der Waals surface area contributed by atoms with E-state index in [-0.39, 0.29) is 29.6 Å². The van der Waals surface area contributed by atoms with Crippen LogP contribution in [0.3, 0.4) is 0 Å². The minimum Gasteiger partial charge on any atom is -0.376 e. The highest BCUT2D eigenvalue weighted by atomic mass is 32.2. The Balaban J connectivity index is 1.70. The van der Waals surface area contributed by atoms with Gasteiger partial charge >= 0.3 is 0 Å². The average Bonchev–Trinajstić information content (AvgIpc) is 3.24. The van der Waals surface area contributed by atoms with Crippen molar-refractivity contribution in [3.05, 3.63) is 0 Å². The van der Waals surface area contributed by atoms with Gasteiger partial charge in [0.25, 0.3) is 0 Å². The Morgan fingerprint density at radius 2 is 2.17 bits per heavy atom. The van der Waals surface area contributed by atoms with Crippen molar-refractivity contribution in [3.8, 4) is 0 Å². The van der Waals surface area contributed by atoms with E-state index in [4.69, 9.17) is 4.74 Å². The lowest BCUT2D eigenvalue weighted by Crippen LogP contribution is -2.32. The minimum absolute atomic E-state index is 0.00594. The summed E-state index contributed by atoms with van der Waals surface area (Å²) in [4.78, 5) is 23.8. The van der Waals surface area contributed by atoms with Crippen LogP contribution < -0.4 is 10.6 Å². The summed E-state index contributed by atoms with van der Waals surface area (Å²) in [6.07, 6.45) is 3.81. The molecule has 0 radical (unpaired) electrons. The number of ether oxygens (including phenoxy) is 1. The molecule has 0 aliphatic carbocycles. The first kappa shape index (κ1) is 19.1. The minimum atomic E-state index is -0.0479. The number of carbonyl (C=O) groups excluding carboxylic acids is 2. The zero-order valence-electron chi connectivity index (χ0n) is 14.0. The maximum Gasteiger partial charge on any atom is 0.230 e. The van der Waals surface area contributed by atoms with Gasteiger partial charge in [0.1, 0.15) is 0 Å². The van der Waals surface area contributed by atoms with Gasteiger partial charge in [0.15, 0.2) is 4.34 Å². The molecular weight excluding hydrogens is 348 g/mol. The number of nitrogens with zero attached hydrogens (tertiary/aromatic N) is 2. The number of nitrogens with one attached hydrogen (secondary N) is 2. The number of aromatic nitrogens is 2.